The van der Waals surface area contributed by atoms with Crippen molar-refractivity contribution in [2.24, 2.45) is 0 Å². The van der Waals surface area contributed by atoms with Crippen LogP contribution in [0.25, 0.3) is 0 Å². The standard InChI is InChI=1S/C20H26O4/c1-2-21-17-24-20(15-22-13-18-9-5-3-6-10-18)16-23-14-19-11-7-4-8-12-19/h3-12,20H,2,13-17H2,1H3. The summed E-state index contributed by atoms with van der Waals surface area (Å²) in [5, 5.41) is 0. The fraction of sp³-hybridized carbons (Fsp3) is 0.400. The van der Waals surface area contributed by atoms with E-state index in [1.54, 1.807) is 0 Å². The monoisotopic (exact) mass is 330 g/mol. The largest absolute Gasteiger partial charge is 0.374 e. The van der Waals surface area contributed by atoms with Crippen LogP contribution in [-0.2, 0) is 32.2 Å². The van der Waals surface area contributed by atoms with E-state index in [1.807, 2.05) is 67.6 Å². The third-order valence-electron chi connectivity index (χ3n) is 3.42. The number of hydrogen-bond acceptors (Lipinski definition) is 4. The third-order valence-corrected chi connectivity index (χ3v) is 3.42. The lowest BCUT2D eigenvalue weighted by molar-refractivity contribution is -0.132. The Bertz CT molecular complexity index is 484. The summed E-state index contributed by atoms with van der Waals surface area (Å²) in [5.74, 6) is 0. The van der Waals surface area contributed by atoms with Crippen molar-refractivity contribution in [3.8, 4) is 0 Å². The van der Waals surface area contributed by atoms with Gasteiger partial charge in [-0.2, -0.15) is 0 Å². The molecule has 0 heterocycles. The highest BCUT2D eigenvalue weighted by atomic mass is 16.7. The van der Waals surface area contributed by atoms with Crippen LogP contribution in [0, 0.1) is 0 Å². The summed E-state index contributed by atoms with van der Waals surface area (Å²) in [4.78, 5) is 0. The van der Waals surface area contributed by atoms with Crippen molar-refractivity contribution in [2.45, 2.75) is 26.2 Å². The highest BCUT2D eigenvalue weighted by Crippen LogP contribution is 2.05. The molecule has 0 aromatic heterocycles. The van der Waals surface area contributed by atoms with E-state index in [4.69, 9.17) is 18.9 Å². The van der Waals surface area contributed by atoms with Crippen molar-refractivity contribution in [1.82, 2.24) is 0 Å². The van der Waals surface area contributed by atoms with Gasteiger partial charge in [-0.3, -0.25) is 0 Å². The smallest absolute Gasteiger partial charge is 0.147 e. The molecule has 4 nitrogen and oxygen atoms in total. The molecule has 24 heavy (non-hydrogen) atoms. The van der Waals surface area contributed by atoms with Gasteiger partial charge in [-0.15, -0.1) is 0 Å². The molecule has 2 rings (SSSR count). The van der Waals surface area contributed by atoms with Gasteiger partial charge >= 0.3 is 0 Å². The number of hydrogen-bond donors (Lipinski definition) is 0. The number of rotatable bonds is 12. The van der Waals surface area contributed by atoms with Crippen LogP contribution in [0.1, 0.15) is 18.1 Å². The predicted molar refractivity (Wildman–Crippen MR) is 93.6 cm³/mol. The molecule has 0 radical (unpaired) electrons. The summed E-state index contributed by atoms with van der Waals surface area (Å²) < 4.78 is 22.5. The summed E-state index contributed by atoms with van der Waals surface area (Å²) in [6, 6.07) is 20.2. The summed E-state index contributed by atoms with van der Waals surface area (Å²) in [5.41, 5.74) is 2.29. The minimum absolute atomic E-state index is 0.149. The third kappa shape index (κ3) is 7.70. The Morgan fingerprint density at radius 2 is 1.21 bits per heavy atom. The van der Waals surface area contributed by atoms with Gasteiger partial charge in [0, 0.05) is 6.61 Å². The molecule has 0 amide bonds. The van der Waals surface area contributed by atoms with Crippen LogP contribution in [0.4, 0.5) is 0 Å². The van der Waals surface area contributed by atoms with E-state index < -0.39 is 0 Å². The molecule has 130 valence electrons. The van der Waals surface area contributed by atoms with Gasteiger partial charge < -0.3 is 18.9 Å². The average molecular weight is 330 g/mol. The molecule has 4 heteroatoms. The fourth-order valence-corrected chi connectivity index (χ4v) is 2.14. The predicted octanol–water partition coefficient (Wildman–Crippen LogP) is 3.80. The Morgan fingerprint density at radius 1 is 0.708 bits per heavy atom. The highest BCUT2D eigenvalue weighted by Gasteiger charge is 2.10. The van der Waals surface area contributed by atoms with E-state index in [0.717, 1.165) is 11.1 Å². The van der Waals surface area contributed by atoms with Gasteiger partial charge in [0.2, 0.25) is 0 Å². The molecule has 0 fully saturated rings. The van der Waals surface area contributed by atoms with Crippen molar-refractivity contribution in [3.05, 3.63) is 71.8 Å². The second-order valence-electron chi connectivity index (χ2n) is 5.40. The minimum atomic E-state index is -0.149. The molecule has 0 unspecified atom stereocenters. The molecule has 0 aliphatic heterocycles. The van der Waals surface area contributed by atoms with E-state index in [1.165, 1.54) is 0 Å². The van der Waals surface area contributed by atoms with Gasteiger partial charge in [0.05, 0.1) is 26.4 Å². The summed E-state index contributed by atoms with van der Waals surface area (Å²) >= 11 is 0. The van der Waals surface area contributed by atoms with Crippen molar-refractivity contribution in [2.75, 3.05) is 26.6 Å². The van der Waals surface area contributed by atoms with Crippen molar-refractivity contribution >= 4 is 0 Å². The summed E-state index contributed by atoms with van der Waals surface area (Å²) in [7, 11) is 0. The zero-order chi connectivity index (χ0) is 16.9. The SMILES string of the molecule is CCOCOC(COCc1ccccc1)COCc1ccccc1. The molecular weight excluding hydrogens is 304 g/mol. The van der Waals surface area contributed by atoms with Gasteiger partial charge in [-0.25, -0.2) is 0 Å². The van der Waals surface area contributed by atoms with Gasteiger partial charge in [-0.1, -0.05) is 60.7 Å². The maximum atomic E-state index is 5.75. The lowest BCUT2D eigenvalue weighted by Crippen LogP contribution is -2.27. The normalized spacial score (nSPS) is 11.1. The molecule has 0 bridgehead atoms. The molecule has 2 aromatic rings. The summed E-state index contributed by atoms with van der Waals surface area (Å²) in [6.07, 6.45) is -0.149. The van der Waals surface area contributed by atoms with Crippen molar-refractivity contribution in [1.29, 1.82) is 0 Å². The first-order chi connectivity index (χ1) is 11.9. The van der Waals surface area contributed by atoms with Gasteiger partial charge in [0.1, 0.15) is 12.9 Å². The Hall–Kier alpha value is -1.72. The quantitative estimate of drug-likeness (QED) is 0.438. The van der Waals surface area contributed by atoms with Gasteiger partial charge in [0.15, 0.2) is 0 Å². The minimum Gasteiger partial charge on any atom is -0.374 e. The lowest BCUT2D eigenvalue weighted by atomic mass is 10.2. The molecule has 0 saturated heterocycles. The second-order valence-corrected chi connectivity index (χ2v) is 5.40. The van der Waals surface area contributed by atoms with E-state index in [2.05, 4.69) is 0 Å². The van der Waals surface area contributed by atoms with Crippen molar-refractivity contribution in [3.63, 3.8) is 0 Å². The van der Waals surface area contributed by atoms with Crippen LogP contribution in [0.5, 0.6) is 0 Å². The molecule has 0 N–H and O–H groups in total. The van der Waals surface area contributed by atoms with Crippen LogP contribution in [0.2, 0.25) is 0 Å². The Kier molecular flexibility index (Phi) is 9.12. The molecule has 0 saturated carbocycles. The van der Waals surface area contributed by atoms with Crippen molar-refractivity contribution < 1.29 is 18.9 Å². The van der Waals surface area contributed by atoms with E-state index in [9.17, 15) is 0 Å². The van der Waals surface area contributed by atoms with Crippen LogP contribution in [0.15, 0.2) is 60.7 Å². The van der Waals surface area contributed by atoms with Gasteiger partial charge in [0.25, 0.3) is 0 Å². The van der Waals surface area contributed by atoms with E-state index >= 15 is 0 Å². The molecule has 0 spiro atoms. The lowest BCUT2D eigenvalue weighted by Gasteiger charge is -2.18. The molecule has 2 aromatic carbocycles. The topological polar surface area (TPSA) is 36.9 Å². The first-order valence-electron chi connectivity index (χ1n) is 8.31. The molecule has 0 atom stereocenters. The Balaban J connectivity index is 1.71. The Labute approximate surface area is 144 Å². The average Bonchev–Trinajstić information content (AvgIpc) is 2.63. The second kappa shape index (κ2) is 11.8. The molecule has 0 aliphatic carbocycles. The van der Waals surface area contributed by atoms with Crippen LogP contribution in [0.3, 0.4) is 0 Å². The van der Waals surface area contributed by atoms with Crippen LogP contribution >= 0.6 is 0 Å². The zero-order valence-electron chi connectivity index (χ0n) is 14.2. The van der Waals surface area contributed by atoms with Crippen LogP contribution < -0.4 is 0 Å². The number of benzene rings is 2. The zero-order valence-corrected chi connectivity index (χ0v) is 14.2. The van der Waals surface area contributed by atoms with Crippen LogP contribution in [-0.4, -0.2) is 32.7 Å². The van der Waals surface area contributed by atoms with E-state index in [-0.39, 0.29) is 12.9 Å². The van der Waals surface area contributed by atoms with Gasteiger partial charge in [-0.05, 0) is 18.1 Å². The molecule has 0 aliphatic rings. The Morgan fingerprint density at radius 3 is 1.67 bits per heavy atom. The van der Waals surface area contributed by atoms with E-state index in [0.29, 0.717) is 33.0 Å². The maximum absolute atomic E-state index is 5.75. The first kappa shape index (κ1) is 18.6. The highest BCUT2D eigenvalue weighted by molar-refractivity contribution is 5.14. The maximum Gasteiger partial charge on any atom is 0.147 e. The fourth-order valence-electron chi connectivity index (χ4n) is 2.14. The molecular formula is C20H26O4. The summed E-state index contributed by atoms with van der Waals surface area (Å²) in [6.45, 7) is 4.89. The first-order valence-corrected chi connectivity index (χ1v) is 8.31. The number of ether oxygens (including phenoxy) is 4.